The molecule has 0 aliphatic carbocycles. The molecule has 4 heterocycles. The summed E-state index contributed by atoms with van der Waals surface area (Å²) < 4.78 is 30.8. The predicted octanol–water partition coefficient (Wildman–Crippen LogP) is 1.83. The van der Waals surface area contributed by atoms with E-state index < -0.39 is 9.84 Å². The molecule has 0 saturated carbocycles. The molecule has 1 unspecified atom stereocenters. The normalized spacial score (nSPS) is 20.7. The van der Waals surface area contributed by atoms with Crippen LogP contribution in [0.1, 0.15) is 46.3 Å². The number of nitrogens with one attached hydrogen (secondary N) is 1. The zero-order valence-electron chi connectivity index (χ0n) is 15.4. The molecule has 0 bridgehead atoms. The van der Waals surface area contributed by atoms with Crippen molar-refractivity contribution in [1.29, 1.82) is 0 Å². The number of nitrogens with zero attached hydrogens (tertiary/aromatic N) is 3. The highest BCUT2D eigenvalue weighted by atomic mass is 32.2. The van der Waals surface area contributed by atoms with Crippen molar-refractivity contribution in [2.45, 2.75) is 39.2 Å². The van der Waals surface area contributed by atoms with Crippen molar-refractivity contribution in [3.05, 3.63) is 34.9 Å². The molecule has 0 aromatic carbocycles. The SMILES string of the molecule is Cc1nn(C2CCS(=O)(=O)C2)c(C)c1NC(=O)c1cc2c(cn1)OCCC2. The van der Waals surface area contributed by atoms with Crippen molar-refractivity contribution < 1.29 is 17.9 Å². The summed E-state index contributed by atoms with van der Waals surface area (Å²) >= 11 is 0. The van der Waals surface area contributed by atoms with E-state index in [4.69, 9.17) is 4.74 Å². The van der Waals surface area contributed by atoms with Crippen molar-refractivity contribution in [2.24, 2.45) is 0 Å². The molecule has 27 heavy (non-hydrogen) atoms. The number of rotatable bonds is 3. The topological polar surface area (TPSA) is 103 Å². The van der Waals surface area contributed by atoms with Gasteiger partial charge in [-0.05, 0) is 44.7 Å². The molecule has 1 fully saturated rings. The third-order valence-electron chi connectivity index (χ3n) is 5.15. The number of anilines is 1. The zero-order chi connectivity index (χ0) is 19.2. The Morgan fingerprint density at radius 2 is 2.19 bits per heavy atom. The number of fused-ring (bicyclic) bond motifs is 1. The van der Waals surface area contributed by atoms with Crippen molar-refractivity contribution in [2.75, 3.05) is 23.4 Å². The second-order valence-electron chi connectivity index (χ2n) is 7.13. The fourth-order valence-electron chi connectivity index (χ4n) is 3.72. The molecule has 1 atom stereocenters. The average Bonchev–Trinajstić information content (AvgIpc) is 3.14. The second-order valence-corrected chi connectivity index (χ2v) is 9.36. The molecule has 1 saturated heterocycles. The number of amides is 1. The van der Waals surface area contributed by atoms with E-state index in [-0.39, 0.29) is 23.5 Å². The second kappa shape index (κ2) is 6.63. The molecule has 9 heteroatoms. The van der Waals surface area contributed by atoms with Crippen molar-refractivity contribution in [3.8, 4) is 5.75 Å². The van der Waals surface area contributed by atoms with Gasteiger partial charge in [-0.25, -0.2) is 13.4 Å². The first-order valence-electron chi connectivity index (χ1n) is 9.03. The van der Waals surface area contributed by atoms with Crippen LogP contribution in [0.4, 0.5) is 5.69 Å². The highest BCUT2D eigenvalue weighted by Gasteiger charge is 2.31. The largest absolute Gasteiger partial charge is 0.492 e. The number of hydrogen-bond donors (Lipinski definition) is 1. The Labute approximate surface area is 157 Å². The number of pyridine rings is 1. The van der Waals surface area contributed by atoms with E-state index in [1.807, 2.05) is 6.92 Å². The van der Waals surface area contributed by atoms with Crippen LogP contribution in [0.2, 0.25) is 0 Å². The number of aryl methyl sites for hydroxylation is 2. The number of ether oxygens (including phenoxy) is 1. The Morgan fingerprint density at radius 3 is 2.93 bits per heavy atom. The Hall–Kier alpha value is -2.42. The van der Waals surface area contributed by atoms with Gasteiger partial charge in [0.15, 0.2) is 9.84 Å². The summed E-state index contributed by atoms with van der Waals surface area (Å²) in [5, 5.41) is 7.36. The minimum absolute atomic E-state index is 0.0920. The van der Waals surface area contributed by atoms with Gasteiger partial charge in [0, 0.05) is 0 Å². The van der Waals surface area contributed by atoms with Gasteiger partial charge in [0.1, 0.15) is 11.4 Å². The first kappa shape index (κ1) is 18.0. The van der Waals surface area contributed by atoms with Crippen molar-refractivity contribution in [3.63, 3.8) is 0 Å². The summed E-state index contributed by atoms with van der Waals surface area (Å²) in [6.45, 7) is 4.32. The van der Waals surface area contributed by atoms with Crippen molar-refractivity contribution in [1.82, 2.24) is 14.8 Å². The first-order chi connectivity index (χ1) is 12.8. The third-order valence-corrected chi connectivity index (χ3v) is 6.90. The minimum atomic E-state index is -3.01. The third kappa shape index (κ3) is 3.43. The van der Waals surface area contributed by atoms with E-state index in [0.29, 0.717) is 30.1 Å². The van der Waals surface area contributed by atoms with Gasteiger partial charge in [-0.1, -0.05) is 0 Å². The van der Waals surface area contributed by atoms with Crippen LogP contribution in [0.5, 0.6) is 5.75 Å². The van der Waals surface area contributed by atoms with Crippen LogP contribution in [0.25, 0.3) is 0 Å². The van der Waals surface area contributed by atoms with Crippen LogP contribution in [0.15, 0.2) is 12.3 Å². The molecule has 2 aromatic rings. The standard InChI is InChI=1S/C18H22N4O4S/c1-11-17(12(2)22(21-11)14-5-7-27(24,25)10-14)20-18(23)15-8-13-4-3-6-26-16(13)9-19-15/h8-9,14H,3-7,10H2,1-2H3,(H,20,23). The van der Waals surface area contributed by atoms with Crippen LogP contribution in [0, 0.1) is 13.8 Å². The van der Waals surface area contributed by atoms with Crippen LogP contribution in [-0.2, 0) is 16.3 Å². The Kier molecular flexibility index (Phi) is 4.41. The Balaban J connectivity index is 1.57. The Bertz CT molecular complexity index is 1010. The van der Waals surface area contributed by atoms with Gasteiger partial charge in [0.25, 0.3) is 5.91 Å². The molecule has 2 aliphatic heterocycles. The van der Waals surface area contributed by atoms with Gasteiger partial charge in [-0.2, -0.15) is 5.10 Å². The number of aromatic nitrogens is 3. The van der Waals surface area contributed by atoms with E-state index in [0.717, 1.165) is 29.8 Å². The minimum Gasteiger partial charge on any atom is -0.492 e. The number of carbonyl (C=O) groups is 1. The molecule has 4 rings (SSSR count). The van der Waals surface area contributed by atoms with Gasteiger partial charge in [0.05, 0.1) is 47.4 Å². The van der Waals surface area contributed by atoms with Crippen LogP contribution in [-0.4, -0.2) is 47.2 Å². The summed E-state index contributed by atoms with van der Waals surface area (Å²) in [5.41, 5.74) is 3.34. The summed E-state index contributed by atoms with van der Waals surface area (Å²) in [6.07, 6.45) is 3.93. The van der Waals surface area contributed by atoms with Gasteiger partial charge in [-0.15, -0.1) is 0 Å². The highest BCUT2D eigenvalue weighted by molar-refractivity contribution is 7.91. The van der Waals surface area contributed by atoms with Gasteiger partial charge in [0.2, 0.25) is 0 Å². The number of sulfone groups is 1. The Morgan fingerprint density at radius 1 is 1.37 bits per heavy atom. The molecule has 1 N–H and O–H groups in total. The quantitative estimate of drug-likeness (QED) is 0.858. The number of hydrogen-bond acceptors (Lipinski definition) is 6. The summed E-state index contributed by atoms with van der Waals surface area (Å²) in [7, 11) is -3.01. The van der Waals surface area contributed by atoms with Crippen LogP contribution < -0.4 is 10.1 Å². The fraction of sp³-hybridized carbons (Fsp3) is 0.500. The van der Waals surface area contributed by atoms with Gasteiger partial charge < -0.3 is 10.1 Å². The maximum absolute atomic E-state index is 12.7. The molecule has 8 nitrogen and oxygen atoms in total. The predicted molar refractivity (Wildman–Crippen MR) is 100 cm³/mol. The number of carbonyl (C=O) groups excluding carboxylic acids is 1. The van der Waals surface area contributed by atoms with E-state index in [9.17, 15) is 13.2 Å². The smallest absolute Gasteiger partial charge is 0.274 e. The molecular weight excluding hydrogens is 368 g/mol. The van der Waals surface area contributed by atoms with Crippen LogP contribution >= 0.6 is 0 Å². The zero-order valence-corrected chi connectivity index (χ0v) is 16.2. The maximum Gasteiger partial charge on any atom is 0.274 e. The summed E-state index contributed by atoms with van der Waals surface area (Å²) in [4.78, 5) is 16.9. The molecule has 144 valence electrons. The first-order valence-corrected chi connectivity index (χ1v) is 10.9. The van der Waals surface area contributed by atoms with Gasteiger partial charge >= 0.3 is 0 Å². The monoisotopic (exact) mass is 390 g/mol. The van der Waals surface area contributed by atoms with Gasteiger partial charge in [-0.3, -0.25) is 9.48 Å². The lowest BCUT2D eigenvalue weighted by Crippen LogP contribution is -2.17. The molecule has 1 amide bonds. The molecule has 0 spiro atoms. The average molecular weight is 390 g/mol. The molecule has 0 radical (unpaired) electrons. The lowest BCUT2D eigenvalue weighted by molar-refractivity contribution is 0.102. The lowest BCUT2D eigenvalue weighted by atomic mass is 10.1. The van der Waals surface area contributed by atoms with E-state index in [2.05, 4.69) is 15.4 Å². The highest BCUT2D eigenvalue weighted by Crippen LogP contribution is 2.30. The lowest BCUT2D eigenvalue weighted by Gasteiger charge is -2.17. The fourth-order valence-corrected chi connectivity index (χ4v) is 5.42. The molecule has 2 aliphatic rings. The van der Waals surface area contributed by atoms with Crippen LogP contribution in [0.3, 0.4) is 0 Å². The van der Waals surface area contributed by atoms with E-state index in [1.165, 1.54) is 0 Å². The van der Waals surface area contributed by atoms with E-state index in [1.54, 1.807) is 23.9 Å². The summed E-state index contributed by atoms with van der Waals surface area (Å²) in [6, 6.07) is 1.58. The summed E-state index contributed by atoms with van der Waals surface area (Å²) in [5.74, 6) is 0.696. The van der Waals surface area contributed by atoms with E-state index >= 15 is 0 Å². The molecular formula is C18H22N4O4S. The maximum atomic E-state index is 12.7. The molecule has 2 aromatic heterocycles. The van der Waals surface area contributed by atoms with Crippen molar-refractivity contribution >= 4 is 21.4 Å².